The number of ether oxygens (including phenoxy) is 1. The molecule has 0 bridgehead atoms. The second-order valence-corrected chi connectivity index (χ2v) is 3.81. The van der Waals surface area contributed by atoms with Crippen molar-refractivity contribution in [3.63, 3.8) is 0 Å². The highest BCUT2D eigenvalue weighted by atomic mass is 16.5. The molecule has 0 radical (unpaired) electrons. The normalized spacial score (nSPS) is 16.6. The van der Waals surface area contributed by atoms with E-state index >= 15 is 0 Å². The lowest BCUT2D eigenvalue weighted by atomic mass is 9.85. The fraction of sp³-hybridized carbons (Fsp3) is 0.500. The lowest BCUT2D eigenvalue weighted by molar-refractivity contribution is 0.382. The standard InChI is InChI=1S/C10H12N4O/c1-15-10-8-5-11-6-12-14(8)9(13-10)7-3-2-4-7/h5-7H,2-4H2,1H3. The molecule has 1 aliphatic carbocycles. The molecule has 2 aromatic heterocycles. The van der Waals surface area contributed by atoms with Gasteiger partial charge in [0.15, 0.2) is 0 Å². The Morgan fingerprint density at radius 3 is 3.00 bits per heavy atom. The molecule has 15 heavy (non-hydrogen) atoms. The summed E-state index contributed by atoms with van der Waals surface area (Å²) in [6.07, 6.45) is 6.96. The maximum atomic E-state index is 5.21. The van der Waals surface area contributed by atoms with Crippen molar-refractivity contribution in [2.24, 2.45) is 0 Å². The molecule has 5 nitrogen and oxygen atoms in total. The van der Waals surface area contributed by atoms with Gasteiger partial charge in [-0.2, -0.15) is 10.1 Å². The van der Waals surface area contributed by atoms with E-state index in [1.165, 1.54) is 25.6 Å². The number of methoxy groups -OCH3 is 1. The fourth-order valence-corrected chi connectivity index (χ4v) is 1.92. The van der Waals surface area contributed by atoms with E-state index in [1.807, 2.05) is 4.52 Å². The second-order valence-electron chi connectivity index (χ2n) is 3.81. The minimum atomic E-state index is 0.538. The first kappa shape index (κ1) is 8.64. The smallest absolute Gasteiger partial charge is 0.243 e. The van der Waals surface area contributed by atoms with Crippen LogP contribution in [0, 0.1) is 0 Å². The average Bonchev–Trinajstić information content (AvgIpc) is 2.55. The van der Waals surface area contributed by atoms with Crippen molar-refractivity contribution in [2.75, 3.05) is 7.11 Å². The summed E-state index contributed by atoms with van der Waals surface area (Å²) >= 11 is 0. The van der Waals surface area contributed by atoms with Crippen molar-refractivity contribution in [2.45, 2.75) is 25.2 Å². The SMILES string of the molecule is COc1nc(C2CCC2)n2ncncc12. The van der Waals surface area contributed by atoms with E-state index in [0.717, 1.165) is 11.3 Å². The maximum Gasteiger partial charge on any atom is 0.243 e. The average molecular weight is 204 g/mol. The first-order valence-electron chi connectivity index (χ1n) is 5.13. The van der Waals surface area contributed by atoms with Gasteiger partial charge in [-0.05, 0) is 12.8 Å². The summed E-state index contributed by atoms with van der Waals surface area (Å²) in [5.41, 5.74) is 0.849. The van der Waals surface area contributed by atoms with Gasteiger partial charge in [0.1, 0.15) is 17.7 Å². The van der Waals surface area contributed by atoms with Gasteiger partial charge in [-0.3, -0.25) is 0 Å². The molecule has 0 N–H and O–H groups in total. The van der Waals surface area contributed by atoms with E-state index < -0.39 is 0 Å². The Morgan fingerprint density at radius 1 is 1.47 bits per heavy atom. The van der Waals surface area contributed by atoms with Gasteiger partial charge >= 0.3 is 0 Å². The molecule has 2 heterocycles. The number of hydrogen-bond donors (Lipinski definition) is 0. The highest BCUT2D eigenvalue weighted by Gasteiger charge is 2.26. The van der Waals surface area contributed by atoms with Crippen LogP contribution in [0.4, 0.5) is 0 Å². The molecular formula is C10H12N4O. The van der Waals surface area contributed by atoms with Crippen LogP contribution in [0.25, 0.3) is 5.52 Å². The van der Waals surface area contributed by atoms with Gasteiger partial charge in [0.25, 0.3) is 0 Å². The Balaban J connectivity index is 2.20. The van der Waals surface area contributed by atoms with Crippen LogP contribution in [0.1, 0.15) is 31.0 Å². The number of fused-ring (bicyclic) bond motifs is 1. The molecule has 3 rings (SSSR count). The Kier molecular flexibility index (Phi) is 1.83. The minimum absolute atomic E-state index is 0.538. The van der Waals surface area contributed by atoms with E-state index in [9.17, 15) is 0 Å². The van der Waals surface area contributed by atoms with Gasteiger partial charge in [-0.1, -0.05) is 6.42 Å². The lowest BCUT2D eigenvalue weighted by Gasteiger charge is -2.23. The van der Waals surface area contributed by atoms with Crippen LogP contribution >= 0.6 is 0 Å². The zero-order chi connectivity index (χ0) is 10.3. The number of nitrogens with zero attached hydrogens (tertiary/aromatic N) is 4. The predicted molar refractivity (Wildman–Crippen MR) is 53.9 cm³/mol. The third-order valence-corrected chi connectivity index (χ3v) is 2.97. The Hall–Kier alpha value is -1.65. The molecule has 0 aromatic carbocycles. The van der Waals surface area contributed by atoms with Crippen LogP contribution in [-0.2, 0) is 0 Å². The lowest BCUT2D eigenvalue weighted by Crippen LogP contribution is -2.13. The molecular weight excluding hydrogens is 192 g/mol. The van der Waals surface area contributed by atoms with Crippen molar-refractivity contribution in [1.29, 1.82) is 0 Å². The van der Waals surface area contributed by atoms with E-state index in [2.05, 4.69) is 15.1 Å². The van der Waals surface area contributed by atoms with Crippen molar-refractivity contribution in [3.8, 4) is 5.88 Å². The van der Waals surface area contributed by atoms with Crippen LogP contribution in [0.3, 0.4) is 0 Å². The first-order valence-corrected chi connectivity index (χ1v) is 5.13. The third kappa shape index (κ3) is 1.19. The third-order valence-electron chi connectivity index (χ3n) is 2.97. The van der Waals surface area contributed by atoms with Crippen LogP contribution in [0.5, 0.6) is 5.88 Å². The van der Waals surface area contributed by atoms with Crippen LogP contribution < -0.4 is 4.74 Å². The van der Waals surface area contributed by atoms with Gasteiger partial charge in [0.05, 0.1) is 13.3 Å². The summed E-state index contributed by atoms with van der Waals surface area (Å²) in [6, 6.07) is 0. The van der Waals surface area contributed by atoms with E-state index in [-0.39, 0.29) is 0 Å². The molecule has 0 amide bonds. The van der Waals surface area contributed by atoms with E-state index in [0.29, 0.717) is 11.8 Å². The summed E-state index contributed by atoms with van der Waals surface area (Å²) < 4.78 is 7.06. The Bertz CT molecular complexity index is 489. The van der Waals surface area contributed by atoms with Gasteiger partial charge in [0.2, 0.25) is 5.88 Å². The van der Waals surface area contributed by atoms with Crippen molar-refractivity contribution in [3.05, 3.63) is 18.3 Å². The van der Waals surface area contributed by atoms with Gasteiger partial charge in [0, 0.05) is 5.92 Å². The Morgan fingerprint density at radius 2 is 2.33 bits per heavy atom. The molecule has 0 unspecified atom stereocenters. The summed E-state index contributed by atoms with van der Waals surface area (Å²) in [5, 5.41) is 4.22. The molecule has 1 saturated carbocycles. The van der Waals surface area contributed by atoms with Crippen LogP contribution in [-0.4, -0.2) is 26.7 Å². The van der Waals surface area contributed by atoms with Crippen molar-refractivity contribution in [1.82, 2.24) is 19.6 Å². The fourth-order valence-electron chi connectivity index (χ4n) is 1.92. The number of imidazole rings is 1. The predicted octanol–water partition coefficient (Wildman–Crippen LogP) is 1.40. The minimum Gasteiger partial charge on any atom is -0.479 e. The molecule has 0 saturated heterocycles. The van der Waals surface area contributed by atoms with E-state index in [4.69, 9.17) is 4.74 Å². The van der Waals surface area contributed by atoms with Crippen molar-refractivity contribution >= 4 is 5.52 Å². The summed E-state index contributed by atoms with van der Waals surface area (Å²) in [4.78, 5) is 8.45. The number of rotatable bonds is 2. The highest BCUT2D eigenvalue weighted by molar-refractivity contribution is 5.55. The summed E-state index contributed by atoms with van der Waals surface area (Å²) in [6.45, 7) is 0. The molecule has 1 aliphatic rings. The first-order chi connectivity index (χ1) is 7.40. The van der Waals surface area contributed by atoms with Crippen LogP contribution in [0.15, 0.2) is 12.5 Å². The quantitative estimate of drug-likeness (QED) is 0.742. The molecule has 2 aromatic rings. The van der Waals surface area contributed by atoms with Gasteiger partial charge < -0.3 is 4.74 Å². The maximum absolute atomic E-state index is 5.21. The highest BCUT2D eigenvalue weighted by Crippen LogP contribution is 2.37. The van der Waals surface area contributed by atoms with Crippen LogP contribution in [0.2, 0.25) is 0 Å². The number of hydrogen-bond acceptors (Lipinski definition) is 4. The molecule has 78 valence electrons. The Labute approximate surface area is 87.1 Å². The largest absolute Gasteiger partial charge is 0.479 e. The zero-order valence-corrected chi connectivity index (χ0v) is 8.55. The molecule has 0 spiro atoms. The summed E-state index contributed by atoms with van der Waals surface area (Å²) in [7, 11) is 1.62. The van der Waals surface area contributed by atoms with Crippen molar-refractivity contribution < 1.29 is 4.74 Å². The molecule has 0 atom stereocenters. The molecule has 0 aliphatic heterocycles. The zero-order valence-electron chi connectivity index (χ0n) is 8.55. The second kappa shape index (κ2) is 3.18. The van der Waals surface area contributed by atoms with Gasteiger partial charge in [-0.15, -0.1) is 0 Å². The number of aromatic nitrogens is 4. The van der Waals surface area contributed by atoms with Gasteiger partial charge in [-0.25, -0.2) is 9.50 Å². The molecule has 1 fully saturated rings. The summed E-state index contributed by atoms with van der Waals surface area (Å²) in [5.74, 6) is 2.17. The van der Waals surface area contributed by atoms with E-state index in [1.54, 1.807) is 13.3 Å². The topological polar surface area (TPSA) is 52.3 Å². The monoisotopic (exact) mass is 204 g/mol. The molecule has 5 heteroatoms.